The number of carboxylic acid groups (broad SMARTS) is 1. The van der Waals surface area contributed by atoms with Crippen LogP contribution in [0, 0.1) is 11.7 Å². The number of nitrogens with two attached hydrogens (primary N) is 1. The molecule has 0 radical (unpaired) electrons. The van der Waals surface area contributed by atoms with Gasteiger partial charge in [-0.3, -0.25) is 0 Å². The van der Waals surface area contributed by atoms with Gasteiger partial charge in [-0.15, -0.1) is 0 Å². The van der Waals surface area contributed by atoms with Crippen LogP contribution in [0.1, 0.15) is 29.6 Å². The molecule has 0 heterocycles. The maximum Gasteiger partial charge on any atom is 0.338 e. The molecule has 0 atom stereocenters. The van der Waals surface area contributed by atoms with Crippen LogP contribution >= 0.6 is 0 Å². The third kappa shape index (κ3) is 4.09. The number of halogens is 1. The normalized spacial score (nSPS) is 14.2. The number of carbonyl (C=O) groups is 1. The number of anilines is 2. The highest BCUT2D eigenvalue weighted by Gasteiger charge is 2.20. The first-order valence-corrected chi connectivity index (χ1v) is 6.72. The molecule has 0 saturated heterocycles. The first-order chi connectivity index (χ1) is 9.58. The van der Waals surface area contributed by atoms with Crippen molar-refractivity contribution >= 4 is 17.3 Å². The Labute approximate surface area is 116 Å². The zero-order chi connectivity index (χ0) is 14.5. The molecule has 1 aliphatic carbocycles. The summed E-state index contributed by atoms with van der Waals surface area (Å²) in [5.74, 6) is -1.37. The first kappa shape index (κ1) is 14.6. The minimum absolute atomic E-state index is 0.225. The van der Waals surface area contributed by atoms with Gasteiger partial charge in [0.1, 0.15) is 5.82 Å². The quantitative estimate of drug-likeness (QED) is 0.503. The maximum atomic E-state index is 13.5. The zero-order valence-electron chi connectivity index (χ0n) is 11.2. The van der Waals surface area contributed by atoms with Crippen molar-refractivity contribution in [1.29, 1.82) is 0 Å². The largest absolute Gasteiger partial charge is 0.478 e. The highest BCUT2D eigenvalue weighted by Crippen LogP contribution is 2.28. The smallest absolute Gasteiger partial charge is 0.338 e. The minimum Gasteiger partial charge on any atom is -0.478 e. The van der Waals surface area contributed by atoms with Gasteiger partial charge >= 0.3 is 5.97 Å². The molecule has 1 saturated carbocycles. The third-order valence-corrected chi connectivity index (χ3v) is 3.20. The fourth-order valence-corrected chi connectivity index (χ4v) is 1.84. The van der Waals surface area contributed by atoms with Crippen molar-refractivity contribution in [2.75, 3.05) is 30.8 Å². The van der Waals surface area contributed by atoms with Crippen LogP contribution in [0.5, 0.6) is 0 Å². The molecule has 0 unspecified atom stereocenters. The lowest BCUT2D eigenvalue weighted by molar-refractivity contribution is 0.0692. The summed E-state index contributed by atoms with van der Waals surface area (Å²) in [7, 11) is 0. The molecule has 20 heavy (non-hydrogen) atoms. The molecule has 0 spiro atoms. The molecule has 1 aliphatic rings. The van der Waals surface area contributed by atoms with E-state index in [9.17, 15) is 9.18 Å². The van der Waals surface area contributed by atoms with Crippen LogP contribution < -0.4 is 11.1 Å². The monoisotopic (exact) mass is 282 g/mol. The number of rotatable bonds is 8. The van der Waals surface area contributed by atoms with Crippen LogP contribution in [0.4, 0.5) is 15.8 Å². The van der Waals surface area contributed by atoms with Gasteiger partial charge in [0, 0.05) is 19.8 Å². The van der Waals surface area contributed by atoms with E-state index in [0.717, 1.165) is 31.1 Å². The molecule has 1 fully saturated rings. The Morgan fingerprint density at radius 2 is 2.25 bits per heavy atom. The van der Waals surface area contributed by atoms with E-state index in [1.807, 2.05) is 0 Å². The van der Waals surface area contributed by atoms with E-state index >= 15 is 0 Å². The van der Waals surface area contributed by atoms with Gasteiger partial charge in [-0.25, -0.2) is 9.18 Å². The van der Waals surface area contributed by atoms with Gasteiger partial charge in [0.25, 0.3) is 0 Å². The lowest BCUT2D eigenvalue weighted by atomic mass is 10.1. The average molecular weight is 282 g/mol. The SMILES string of the molecule is Nc1cc(C(=O)O)c(F)cc1NCCCOCC1CC1. The van der Waals surface area contributed by atoms with E-state index in [0.29, 0.717) is 18.8 Å². The van der Waals surface area contributed by atoms with Gasteiger partial charge < -0.3 is 20.9 Å². The number of hydrogen-bond donors (Lipinski definition) is 3. The summed E-state index contributed by atoms with van der Waals surface area (Å²) in [5, 5.41) is 11.8. The van der Waals surface area contributed by atoms with Crippen LogP contribution in [-0.4, -0.2) is 30.8 Å². The molecule has 110 valence electrons. The van der Waals surface area contributed by atoms with Crippen molar-refractivity contribution in [2.45, 2.75) is 19.3 Å². The van der Waals surface area contributed by atoms with E-state index in [1.165, 1.54) is 12.8 Å². The topological polar surface area (TPSA) is 84.6 Å². The fourth-order valence-electron chi connectivity index (χ4n) is 1.84. The predicted octanol–water partition coefficient (Wildman–Crippen LogP) is 2.33. The molecule has 5 nitrogen and oxygen atoms in total. The molecule has 0 bridgehead atoms. The van der Waals surface area contributed by atoms with Gasteiger partial charge in [-0.1, -0.05) is 0 Å². The lowest BCUT2D eigenvalue weighted by Gasteiger charge is -2.11. The van der Waals surface area contributed by atoms with Crippen LogP contribution in [0.2, 0.25) is 0 Å². The Kier molecular flexibility index (Phi) is 4.79. The summed E-state index contributed by atoms with van der Waals surface area (Å²) >= 11 is 0. The molecular weight excluding hydrogens is 263 g/mol. The summed E-state index contributed by atoms with van der Waals surface area (Å²) in [4.78, 5) is 10.7. The van der Waals surface area contributed by atoms with Crippen LogP contribution in [-0.2, 0) is 4.74 Å². The molecule has 0 aliphatic heterocycles. The van der Waals surface area contributed by atoms with Crippen molar-refractivity contribution in [3.63, 3.8) is 0 Å². The average Bonchev–Trinajstić information content (AvgIpc) is 3.20. The van der Waals surface area contributed by atoms with E-state index in [4.69, 9.17) is 15.6 Å². The molecule has 2 rings (SSSR count). The van der Waals surface area contributed by atoms with Crippen molar-refractivity contribution in [1.82, 2.24) is 0 Å². The second kappa shape index (κ2) is 6.56. The molecule has 1 aromatic carbocycles. The van der Waals surface area contributed by atoms with E-state index in [2.05, 4.69) is 5.32 Å². The highest BCUT2D eigenvalue weighted by molar-refractivity contribution is 5.90. The number of benzene rings is 1. The minimum atomic E-state index is -1.32. The Hall–Kier alpha value is -1.82. The highest BCUT2D eigenvalue weighted by atomic mass is 19.1. The Morgan fingerprint density at radius 1 is 1.50 bits per heavy atom. The van der Waals surface area contributed by atoms with Crippen molar-refractivity contribution in [3.05, 3.63) is 23.5 Å². The Bertz CT molecular complexity index is 490. The predicted molar refractivity (Wildman–Crippen MR) is 74.4 cm³/mol. The molecule has 4 N–H and O–H groups in total. The second-order valence-electron chi connectivity index (χ2n) is 5.02. The standard InChI is InChI=1S/C14H19FN2O3/c15-11-7-13(12(16)6-10(11)14(18)19)17-4-1-5-20-8-9-2-3-9/h6-7,9,17H,1-5,8,16H2,(H,18,19). The number of ether oxygens (including phenoxy) is 1. The van der Waals surface area contributed by atoms with Crippen molar-refractivity contribution < 1.29 is 19.0 Å². The molecule has 1 aromatic rings. The number of nitrogens with one attached hydrogen (secondary N) is 1. The van der Waals surface area contributed by atoms with Crippen LogP contribution in [0.3, 0.4) is 0 Å². The summed E-state index contributed by atoms with van der Waals surface area (Å²) in [5.41, 5.74) is 5.91. The first-order valence-electron chi connectivity index (χ1n) is 6.72. The van der Waals surface area contributed by atoms with E-state index < -0.39 is 17.3 Å². The Morgan fingerprint density at radius 3 is 2.90 bits per heavy atom. The summed E-state index contributed by atoms with van der Waals surface area (Å²) < 4.78 is 19.0. The fraction of sp³-hybridized carbons (Fsp3) is 0.500. The number of nitrogen functional groups attached to an aromatic ring is 1. The molecule has 0 amide bonds. The molecular formula is C14H19FN2O3. The van der Waals surface area contributed by atoms with Crippen molar-refractivity contribution in [3.8, 4) is 0 Å². The van der Waals surface area contributed by atoms with Crippen LogP contribution in [0.25, 0.3) is 0 Å². The zero-order valence-corrected chi connectivity index (χ0v) is 11.2. The second-order valence-corrected chi connectivity index (χ2v) is 5.02. The van der Waals surface area contributed by atoms with Gasteiger partial charge in [0.2, 0.25) is 0 Å². The van der Waals surface area contributed by atoms with Crippen LogP contribution in [0.15, 0.2) is 12.1 Å². The summed E-state index contributed by atoms with van der Waals surface area (Å²) in [6.07, 6.45) is 3.32. The lowest BCUT2D eigenvalue weighted by Crippen LogP contribution is -2.10. The van der Waals surface area contributed by atoms with Gasteiger partial charge in [-0.2, -0.15) is 0 Å². The third-order valence-electron chi connectivity index (χ3n) is 3.20. The molecule has 6 heteroatoms. The Balaban J connectivity index is 1.76. The maximum absolute atomic E-state index is 13.5. The summed E-state index contributed by atoms with van der Waals surface area (Å²) in [6, 6.07) is 2.24. The van der Waals surface area contributed by atoms with E-state index in [1.54, 1.807) is 0 Å². The van der Waals surface area contributed by atoms with Gasteiger partial charge in [0.05, 0.1) is 16.9 Å². The molecule has 0 aromatic heterocycles. The number of hydrogen-bond acceptors (Lipinski definition) is 4. The summed E-state index contributed by atoms with van der Waals surface area (Å²) in [6.45, 7) is 2.07. The number of aromatic carboxylic acids is 1. The van der Waals surface area contributed by atoms with Gasteiger partial charge in [-0.05, 0) is 37.3 Å². The van der Waals surface area contributed by atoms with Gasteiger partial charge in [0.15, 0.2) is 0 Å². The number of carboxylic acids is 1. The van der Waals surface area contributed by atoms with E-state index in [-0.39, 0.29) is 5.69 Å². The van der Waals surface area contributed by atoms with Crippen molar-refractivity contribution in [2.24, 2.45) is 5.92 Å².